The minimum absolute atomic E-state index is 0.258. The highest BCUT2D eigenvalue weighted by Crippen LogP contribution is 2.42. The molecule has 0 saturated heterocycles. The number of amides is 1. The summed E-state index contributed by atoms with van der Waals surface area (Å²) in [7, 11) is 1.54. The molecule has 31 heavy (non-hydrogen) atoms. The lowest BCUT2D eigenvalue weighted by Crippen LogP contribution is -2.17. The first-order chi connectivity index (χ1) is 14.9. The van der Waals surface area contributed by atoms with Crippen molar-refractivity contribution in [3.05, 3.63) is 84.5 Å². The van der Waals surface area contributed by atoms with Gasteiger partial charge in [0.2, 0.25) is 0 Å². The predicted octanol–water partition coefficient (Wildman–Crippen LogP) is 6.26. The van der Waals surface area contributed by atoms with Crippen molar-refractivity contribution in [2.75, 3.05) is 7.11 Å². The Morgan fingerprint density at radius 2 is 1.87 bits per heavy atom. The maximum Gasteiger partial charge on any atom is 0.271 e. The average Bonchev–Trinajstić information content (AvgIpc) is 2.78. The van der Waals surface area contributed by atoms with Gasteiger partial charge in [0, 0.05) is 28.0 Å². The summed E-state index contributed by atoms with van der Waals surface area (Å²) in [6, 6.07) is 10.2. The first kappa shape index (κ1) is 23.5. The Morgan fingerprint density at radius 1 is 1.13 bits per heavy atom. The molecule has 0 aliphatic rings. The van der Waals surface area contributed by atoms with Gasteiger partial charge in [-0.2, -0.15) is 5.10 Å². The van der Waals surface area contributed by atoms with Crippen molar-refractivity contribution in [1.82, 2.24) is 10.4 Å². The second-order valence-electron chi connectivity index (χ2n) is 6.10. The Hall–Kier alpha value is -2.13. The normalized spacial score (nSPS) is 10.9. The lowest BCUT2D eigenvalue weighted by Gasteiger charge is -2.15. The molecule has 6 nitrogen and oxygen atoms in total. The fraction of sp³-hybridized carbons (Fsp3) is 0.0952. The van der Waals surface area contributed by atoms with Crippen LogP contribution in [0.3, 0.4) is 0 Å². The Balaban J connectivity index is 1.77. The summed E-state index contributed by atoms with van der Waals surface area (Å²) in [5.74, 6) is 0.637. The third-order valence-electron chi connectivity index (χ3n) is 4.06. The van der Waals surface area contributed by atoms with Crippen molar-refractivity contribution in [3.63, 3.8) is 0 Å². The Kier molecular flexibility index (Phi) is 8.31. The van der Waals surface area contributed by atoms with Crippen LogP contribution in [0.1, 0.15) is 21.5 Å². The second kappa shape index (κ2) is 10.9. The molecular formula is C21H15Br2Cl2N3O3. The molecule has 0 unspecified atom stereocenters. The zero-order valence-electron chi connectivity index (χ0n) is 16.0. The van der Waals surface area contributed by atoms with E-state index < -0.39 is 0 Å². The van der Waals surface area contributed by atoms with Crippen LogP contribution in [0.4, 0.5) is 0 Å². The number of benzene rings is 2. The summed E-state index contributed by atoms with van der Waals surface area (Å²) < 4.78 is 12.7. The monoisotopic (exact) mass is 585 g/mol. The van der Waals surface area contributed by atoms with Gasteiger partial charge in [-0.05, 0) is 67.8 Å². The number of rotatable bonds is 7. The molecule has 1 amide bonds. The molecule has 2 aromatic carbocycles. The zero-order chi connectivity index (χ0) is 22.4. The van der Waals surface area contributed by atoms with E-state index in [-0.39, 0.29) is 12.5 Å². The van der Waals surface area contributed by atoms with Gasteiger partial charge in [-0.15, -0.1) is 0 Å². The van der Waals surface area contributed by atoms with Gasteiger partial charge < -0.3 is 9.47 Å². The molecule has 1 N–H and O–H groups in total. The number of hydrogen-bond acceptors (Lipinski definition) is 5. The zero-order valence-corrected chi connectivity index (χ0v) is 20.7. The fourth-order valence-electron chi connectivity index (χ4n) is 2.50. The number of hydrogen-bond donors (Lipinski definition) is 1. The van der Waals surface area contributed by atoms with Gasteiger partial charge in [0.1, 0.15) is 6.61 Å². The molecule has 1 heterocycles. The Bertz CT molecular complexity index is 1130. The lowest BCUT2D eigenvalue weighted by molar-refractivity contribution is 0.0955. The molecule has 0 bridgehead atoms. The molecule has 0 atom stereocenters. The number of ether oxygens (including phenoxy) is 2. The molecule has 0 aliphatic heterocycles. The smallest absolute Gasteiger partial charge is 0.271 e. The third-order valence-corrected chi connectivity index (χ3v) is 6.94. The molecule has 10 heteroatoms. The number of aromatic nitrogens is 1. The minimum Gasteiger partial charge on any atom is -0.493 e. The van der Waals surface area contributed by atoms with Gasteiger partial charge in [0.25, 0.3) is 5.91 Å². The van der Waals surface area contributed by atoms with Gasteiger partial charge >= 0.3 is 0 Å². The molecule has 3 rings (SSSR count). The molecule has 1 aromatic heterocycles. The minimum atomic E-state index is -0.345. The Morgan fingerprint density at radius 3 is 2.55 bits per heavy atom. The SMILES string of the molecule is COc1cc(/C=N\NC(=O)c2ccncc2)c(Br)c(Br)c1OCc1ccc(Cl)c(Cl)c1. The standard InChI is InChI=1S/C21H15Br2Cl2N3O3/c1-30-17-9-14(10-27-28-21(29)13-4-6-26-7-5-13)18(22)19(23)20(17)31-11-12-2-3-15(24)16(25)8-12/h2-10H,11H2,1H3,(H,28,29)/b27-10-. The second-order valence-corrected chi connectivity index (χ2v) is 8.50. The van der Waals surface area contributed by atoms with Crippen LogP contribution in [0.25, 0.3) is 0 Å². The summed E-state index contributed by atoms with van der Waals surface area (Å²) in [6.45, 7) is 0.258. The molecule has 0 spiro atoms. The van der Waals surface area contributed by atoms with E-state index in [2.05, 4.69) is 47.4 Å². The summed E-state index contributed by atoms with van der Waals surface area (Å²) in [6.07, 6.45) is 4.57. The summed E-state index contributed by atoms with van der Waals surface area (Å²) in [4.78, 5) is 16.0. The molecule has 0 aliphatic carbocycles. The lowest BCUT2D eigenvalue weighted by atomic mass is 10.2. The van der Waals surface area contributed by atoms with Crippen LogP contribution in [-0.4, -0.2) is 24.2 Å². The summed E-state index contributed by atoms with van der Waals surface area (Å²) in [5, 5.41) is 4.95. The van der Waals surface area contributed by atoms with Crippen LogP contribution in [0.15, 0.2) is 62.8 Å². The molecular weight excluding hydrogens is 573 g/mol. The number of hydrazone groups is 1. The van der Waals surface area contributed by atoms with Crippen molar-refractivity contribution in [2.24, 2.45) is 5.10 Å². The van der Waals surface area contributed by atoms with Gasteiger partial charge in [0.15, 0.2) is 11.5 Å². The van der Waals surface area contributed by atoms with Gasteiger partial charge in [-0.1, -0.05) is 29.3 Å². The van der Waals surface area contributed by atoms with Gasteiger partial charge in [-0.3, -0.25) is 9.78 Å². The highest BCUT2D eigenvalue weighted by molar-refractivity contribution is 9.13. The number of pyridine rings is 1. The van der Waals surface area contributed by atoms with Crippen molar-refractivity contribution < 1.29 is 14.3 Å². The first-order valence-electron chi connectivity index (χ1n) is 8.77. The molecule has 0 saturated carbocycles. The highest BCUT2D eigenvalue weighted by Gasteiger charge is 2.17. The van der Waals surface area contributed by atoms with E-state index in [1.165, 1.54) is 25.7 Å². The van der Waals surface area contributed by atoms with E-state index in [0.717, 1.165) is 5.56 Å². The topological polar surface area (TPSA) is 72.8 Å². The van der Waals surface area contributed by atoms with Gasteiger partial charge in [-0.25, -0.2) is 5.43 Å². The Labute approximate surface area is 205 Å². The maximum absolute atomic E-state index is 12.1. The van der Waals surface area contributed by atoms with Crippen LogP contribution in [0.2, 0.25) is 10.0 Å². The van der Waals surface area contributed by atoms with E-state index in [1.807, 2.05) is 6.07 Å². The van der Waals surface area contributed by atoms with Crippen LogP contribution in [0.5, 0.6) is 11.5 Å². The third kappa shape index (κ3) is 5.98. The molecule has 3 aromatic rings. The number of nitrogens with zero attached hydrogens (tertiary/aromatic N) is 2. The van der Waals surface area contributed by atoms with E-state index in [0.29, 0.717) is 41.6 Å². The van der Waals surface area contributed by atoms with Crippen LogP contribution < -0.4 is 14.9 Å². The molecule has 0 radical (unpaired) electrons. The van der Waals surface area contributed by atoms with Gasteiger partial charge in [0.05, 0.1) is 27.8 Å². The first-order valence-corrected chi connectivity index (χ1v) is 11.1. The highest BCUT2D eigenvalue weighted by atomic mass is 79.9. The van der Waals surface area contributed by atoms with Crippen molar-refractivity contribution in [3.8, 4) is 11.5 Å². The van der Waals surface area contributed by atoms with Crippen LogP contribution in [-0.2, 0) is 6.61 Å². The van der Waals surface area contributed by atoms with E-state index >= 15 is 0 Å². The largest absolute Gasteiger partial charge is 0.493 e. The number of carbonyl (C=O) groups is 1. The van der Waals surface area contributed by atoms with E-state index in [1.54, 1.807) is 30.3 Å². The average molecular weight is 588 g/mol. The fourth-order valence-corrected chi connectivity index (χ4v) is 3.75. The summed E-state index contributed by atoms with van der Waals surface area (Å²) in [5.41, 5.74) is 4.45. The summed E-state index contributed by atoms with van der Waals surface area (Å²) >= 11 is 19.1. The maximum atomic E-state index is 12.1. The van der Waals surface area contributed by atoms with Crippen LogP contribution in [0, 0.1) is 0 Å². The molecule has 160 valence electrons. The van der Waals surface area contributed by atoms with Crippen molar-refractivity contribution >= 4 is 67.2 Å². The van der Waals surface area contributed by atoms with Crippen molar-refractivity contribution in [2.45, 2.75) is 6.61 Å². The van der Waals surface area contributed by atoms with E-state index in [9.17, 15) is 4.79 Å². The van der Waals surface area contributed by atoms with Crippen molar-refractivity contribution in [1.29, 1.82) is 0 Å². The number of carbonyl (C=O) groups excluding carboxylic acids is 1. The predicted molar refractivity (Wildman–Crippen MR) is 128 cm³/mol. The quantitative estimate of drug-likeness (QED) is 0.261. The number of methoxy groups -OCH3 is 1. The van der Waals surface area contributed by atoms with Crippen LogP contribution >= 0.6 is 55.1 Å². The number of halogens is 4. The number of nitrogens with one attached hydrogen (secondary N) is 1. The van der Waals surface area contributed by atoms with E-state index in [4.69, 9.17) is 32.7 Å². The molecule has 0 fully saturated rings.